The first-order valence-electron chi connectivity index (χ1n) is 5.61. The van der Waals surface area contributed by atoms with E-state index >= 15 is 0 Å². The maximum absolute atomic E-state index is 11.8. The molecule has 7 heteroatoms. The smallest absolute Gasteiger partial charge is 0.169 e. The van der Waals surface area contributed by atoms with Gasteiger partial charge in [-0.05, 0) is 6.07 Å². The summed E-state index contributed by atoms with van der Waals surface area (Å²) < 4.78 is 23.7. The molecule has 1 saturated heterocycles. The van der Waals surface area contributed by atoms with Crippen molar-refractivity contribution in [1.82, 2.24) is 4.98 Å². The van der Waals surface area contributed by atoms with Crippen molar-refractivity contribution in [2.45, 2.75) is 12.0 Å². The molecule has 1 atom stereocenters. The van der Waals surface area contributed by atoms with Gasteiger partial charge in [0.25, 0.3) is 0 Å². The number of aromatic nitrogens is 1. The minimum atomic E-state index is -3.15. The first kappa shape index (κ1) is 13.6. The number of aliphatic hydroxyl groups excluding tert-OH is 1. The van der Waals surface area contributed by atoms with Gasteiger partial charge in [-0.3, -0.25) is 4.98 Å². The predicted molar refractivity (Wildman–Crippen MR) is 73.5 cm³/mol. The van der Waals surface area contributed by atoms with Crippen molar-refractivity contribution in [3.8, 4) is 0 Å². The molecule has 0 aromatic carbocycles. The Kier molecular flexibility index (Phi) is 4.14. The molecule has 0 radical (unpaired) electrons. The SMILES string of the molecule is CS(=O)(=O)C1CSCCN1c1cnccc1CO. The van der Waals surface area contributed by atoms with Gasteiger partial charge < -0.3 is 10.0 Å². The highest BCUT2D eigenvalue weighted by molar-refractivity contribution is 8.01. The van der Waals surface area contributed by atoms with E-state index in [1.807, 2.05) is 4.90 Å². The lowest BCUT2D eigenvalue weighted by atomic mass is 10.2. The van der Waals surface area contributed by atoms with E-state index in [0.717, 1.165) is 11.4 Å². The van der Waals surface area contributed by atoms with E-state index in [-0.39, 0.29) is 6.61 Å². The van der Waals surface area contributed by atoms with E-state index in [1.54, 1.807) is 30.2 Å². The minimum Gasteiger partial charge on any atom is -0.392 e. The van der Waals surface area contributed by atoms with Crippen LogP contribution in [0.3, 0.4) is 0 Å². The van der Waals surface area contributed by atoms with Crippen LogP contribution >= 0.6 is 11.8 Å². The summed E-state index contributed by atoms with van der Waals surface area (Å²) in [6.07, 6.45) is 4.48. The largest absolute Gasteiger partial charge is 0.392 e. The molecule has 1 aliphatic rings. The summed E-state index contributed by atoms with van der Waals surface area (Å²) >= 11 is 1.64. The molecular weight excluding hydrogens is 272 g/mol. The number of anilines is 1. The van der Waals surface area contributed by atoms with Crippen molar-refractivity contribution in [3.63, 3.8) is 0 Å². The lowest BCUT2D eigenvalue weighted by Gasteiger charge is -2.36. The number of sulfone groups is 1. The molecule has 1 aromatic heterocycles. The highest BCUT2D eigenvalue weighted by Crippen LogP contribution is 2.28. The molecule has 100 valence electrons. The molecule has 0 spiro atoms. The summed E-state index contributed by atoms with van der Waals surface area (Å²) in [7, 11) is -3.15. The van der Waals surface area contributed by atoms with Gasteiger partial charge in [0.1, 0.15) is 5.37 Å². The Morgan fingerprint density at radius 1 is 1.61 bits per heavy atom. The Labute approximate surface area is 111 Å². The molecule has 2 rings (SSSR count). The highest BCUT2D eigenvalue weighted by Gasteiger charge is 2.32. The Bertz CT molecular complexity index is 519. The van der Waals surface area contributed by atoms with Crippen molar-refractivity contribution < 1.29 is 13.5 Å². The van der Waals surface area contributed by atoms with Crippen LogP contribution < -0.4 is 4.90 Å². The summed E-state index contributed by atoms with van der Waals surface area (Å²) in [4.78, 5) is 5.87. The van der Waals surface area contributed by atoms with Crippen LogP contribution in [0.4, 0.5) is 5.69 Å². The van der Waals surface area contributed by atoms with Gasteiger partial charge in [0.2, 0.25) is 0 Å². The second-order valence-corrected chi connectivity index (χ2v) is 7.57. The van der Waals surface area contributed by atoms with E-state index in [0.29, 0.717) is 17.9 Å². The van der Waals surface area contributed by atoms with Crippen LogP contribution in [0.1, 0.15) is 5.56 Å². The number of aliphatic hydroxyl groups is 1. The lowest BCUT2D eigenvalue weighted by molar-refractivity contribution is 0.282. The molecule has 0 saturated carbocycles. The second kappa shape index (κ2) is 5.46. The Morgan fingerprint density at radius 3 is 3.06 bits per heavy atom. The number of thioether (sulfide) groups is 1. The Balaban J connectivity index is 2.40. The molecular formula is C11H16N2O3S2. The molecule has 1 N–H and O–H groups in total. The van der Waals surface area contributed by atoms with Crippen LogP contribution in [0.15, 0.2) is 18.5 Å². The monoisotopic (exact) mass is 288 g/mol. The molecule has 0 aliphatic carbocycles. The van der Waals surface area contributed by atoms with Gasteiger partial charge in [0, 0.05) is 36.1 Å². The average molecular weight is 288 g/mol. The van der Waals surface area contributed by atoms with Crippen LogP contribution in [0.5, 0.6) is 0 Å². The van der Waals surface area contributed by atoms with E-state index in [2.05, 4.69) is 4.98 Å². The van der Waals surface area contributed by atoms with Crippen LogP contribution in [-0.2, 0) is 16.4 Å². The summed E-state index contributed by atoms with van der Waals surface area (Å²) in [5, 5.41) is 8.79. The van der Waals surface area contributed by atoms with Crippen molar-refractivity contribution in [2.24, 2.45) is 0 Å². The van der Waals surface area contributed by atoms with Gasteiger partial charge >= 0.3 is 0 Å². The van der Waals surface area contributed by atoms with Crippen LogP contribution in [0.25, 0.3) is 0 Å². The summed E-state index contributed by atoms with van der Waals surface area (Å²) in [6, 6.07) is 1.72. The molecule has 5 nitrogen and oxygen atoms in total. The van der Waals surface area contributed by atoms with Crippen LogP contribution in [0, 0.1) is 0 Å². The Morgan fingerprint density at radius 2 is 2.39 bits per heavy atom. The van der Waals surface area contributed by atoms with E-state index in [4.69, 9.17) is 0 Å². The number of nitrogens with zero attached hydrogens (tertiary/aromatic N) is 2. The predicted octanol–water partition coefficient (Wildman–Crippen LogP) is 0.498. The van der Waals surface area contributed by atoms with E-state index < -0.39 is 15.2 Å². The van der Waals surface area contributed by atoms with E-state index in [9.17, 15) is 13.5 Å². The molecule has 1 aromatic rings. The van der Waals surface area contributed by atoms with Gasteiger partial charge in [-0.1, -0.05) is 0 Å². The zero-order chi connectivity index (χ0) is 13.2. The maximum Gasteiger partial charge on any atom is 0.169 e. The molecule has 18 heavy (non-hydrogen) atoms. The summed E-state index contributed by atoms with van der Waals surface area (Å²) in [5.41, 5.74) is 1.43. The molecule has 0 amide bonds. The fraction of sp³-hybridized carbons (Fsp3) is 0.545. The molecule has 1 unspecified atom stereocenters. The third-order valence-corrected chi connectivity index (χ3v) is 5.59. The molecule has 1 fully saturated rings. The van der Waals surface area contributed by atoms with Crippen LogP contribution in [0.2, 0.25) is 0 Å². The quantitative estimate of drug-likeness (QED) is 0.873. The standard InChI is InChI=1S/C11H16N2O3S2/c1-18(15,16)11-8-17-5-4-13(11)10-6-12-3-2-9(10)7-14/h2-3,6,11,14H,4-5,7-8H2,1H3. The lowest BCUT2D eigenvalue weighted by Crippen LogP contribution is -2.47. The van der Waals surface area contributed by atoms with Gasteiger partial charge in [-0.15, -0.1) is 0 Å². The summed E-state index contributed by atoms with van der Waals surface area (Å²) in [6.45, 7) is 0.541. The van der Waals surface area contributed by atoms with Crippen molar-refractivity contribution in [3.05, 3.63) is 24.0 Å². The average Bonchev–Trinajstić information content (AvgIpc) is 2.37. The van der Waals surface area contributed by atoms with Gasteiger partial charge in [-0.2, -0.15) is 11.8 Å². The molecule has 2 heterocycles. The zero-order valence-electron chi connectivity index (χ0n) is 10.1. The first-order chi connectivity index (χ1) is 8.54. The van der Waals surface area contributed by atoms with Crippen molar-refractivity contribution in [1.29, 1.82) is 0 Å². The van der Waals surface area contributed by atoms with Crippen molar-refractivity contribution in [2.75, 3.05) is 29.2 Å². The van der Waals surface area contributed by atoms with Gasteiger partial charge in [0.05, 0.1) is 18.5 Å². The zero-order valence-corrected chi connectivity index (χ0v) is 11.7. The van der Waals surface area contributed by atoms with Crippen molar-refractivity contribution >= 4 is 27.3 Å². The number of hydrogen-bond donors (Lipinski definition) is 1. The first-order valence-corrected chi connectivity index (χ1v) is 8.72. The fourth-order valence-electron chi connectivity index (χ4n) is 2.02. The Hall–Kier alpha value is -0.790. The highest BCUT2D eigenvalue weighted by atomic mass is 32.2. The van der Waals surface area contributed by atoms with Gasteiger partial charge in [0.15, 0.2) is 9.84 Å². The number of pyridine rings is 1. The minimum absolute atomic E-state index is 0.113. The van der Waals surface area contributed by atoms with Gasteiger partial charge in [-0.25, -0.2) is 8.42 Å². The van der Waals surface area contributed by atoms with Crippen LogP contribution in [-0.4, -0.2) is 48.2 Å². The second-order valence-electron chi connectivity index (χ2n) is 4.21. The molecule has 0 bridgehead atoms. The summed E-state index contributed by atoms with van der Waals surface area (Å²) in [5.74, 6) is 1.43. The fourth-order valence-corrected chi connectivity index (χ4v) is 4.85. The van der Waals surface area contributed by atoms with E-state index in [1.165, 1.54) is 6.26 Å². The third-order valence-electron chi connectivity index (χ3n) is 2.95. The maximum atomic E-state index is 11.8. The third kappa shape index (κ3) is 2.78. The number of rotatable bonds is 3. The normalized spacial score (nSPS) is 21.0. The number of hydrogen-bond acceptors (Lipinski definition) is 6. The topological polar surface area (TPSA) is 70.5 Å². The molecule has 1 aliphatic heterocycles.